The molecule has 0 N–H and O–H groups in total. The summed E-state index contributed by atoms with van der Waals surface area (Å²) in [4.78, 5) is 3.97. The number of benzene rings is 2. The van der Waals surface area contributed by atoms with E-state index in [0.717, 1.165) is 22.6 Å². The van der Waals surface area contributed by atoms with E-state index in [1.54, 1.807) is 38.4 Å². The predicted molar refractivity (Wildman–Crippen MR) is 103 cm³/mol. The van der Waals surface area contributed by atoms with Gasteiger partial charge in [-0.05, 0) is 59.7 Å². The van der Waals surface area contributed by atoms with Crippen LogP contribution in [0.1, 0.15) is 11.1 Å². The molecule has 0 aromatic heterocycles. The molecule has 0 fully saturated rings. The Morgan fingerprint density at radius 1 is 0.958 bits per heavy atom. The zero-order valence-electron chi connectivity index (χ0n) is 13.8. The maximum Gasteiger partial charge on any atom is 0.540 e. The Hall–Kier alpha value is -2.30. The van der Waals surface area contributed by atoms with E-state index in [1.807, 2.05) is 48.5 Å². The second kappa shape index (κ2) is 9.11. The summed E-state index contributed by atoms with van der Waals surface area (Å²) in [5.74, 6) is 1.53. The Kier molecular flexibility index (Phi) is 6.85. The largest absolute Gasteiger partial charge is 0.540 e. The fourth-order valence-electron chi connectivity index (χ4n) is 1.80. The van der Waals surface area contributed by atoms with Crippen LogP contribution in [0.2, 0.25) is 0 Å². The van der Waals surface area contributed by atoms with Crippen molar-refractivity contribution in [3.05, 3.63) is 59.7 Å². The quantitative estimate of drug-likeness (QED) is 0.427. The summed E-state index contributed by atoms with van der Waals surface area (Å²) in [6.45, 7) is 0. The van der Waals surface area contributed by atoms with E-state index in [1.165, 1.54) is 0 Å². The van der Waals surface area contributed by atoms with Crippen molar-refractivity contribution in [2.75, 3.05) is 21.2 Å². The van der Waals surface area contributed by atoms with Crippen molar-refractivity contribution in [2.45, 2.75) is 0 Å². The molecule has 2 aromatic rings. The maximum absolute atomic E-state index is 5.76. The highest BCUT2D eigenvalue weighted by atomic mass is 32.4. The van der Waals surface area contributed by atoms with Crippen molar-refractivity contribution < 1.29 is 9.26 Å². The van der Waals surface area contributed by atoms with Gasteiger partial charge in [0.2, 0.25) is 11.8 Å². The van der Waals surface area contributed by atoms with Crippen molar-refractivity contribution in [2.24, 2.45) is 10.1 Å². The standard InChI is InChI=1S/C17H19N3O2PS/c1-18-12-14-6-10-17(11-7-14)22-23(24)20(2)19-13-15-4-8-16(21-3)9-5-15/h4-13H,1-3H3/q+1/b18-12?,19-13-. The fourth-order valence-corrected chi connectivity index (χ4v) is 2.74. The lowest BCUT2D eigenvalue weighted by molar-refractivity contribution is 0.415. The van der Waals surface area contributed by atoms with Gasteiger partial charge in [-0.25, -0.2) is 0 Å². The zero-order chi connectivity index (χ0) is 17.4. The third-order valence-corrected chi connectivity index (χ3v) is 4.94. The minimum absolute atomic E-state index is 0.718. The molecule has 2 aromatic carbocycles. The molecule has 0 radical (unpaired) electrons. The first kappa shape index (κ1) is 18.0. The summed E-state index contributed by atoms with van der Waals surface area (Å²) >= 11 is 5.39. The minimum atomic E-state index is -1.28. The van der Waals surface area contributed by atoms with Crippen LogP contribution in [0, 0.1) is 0 Å². The third-order valence-electron chi connectivity index (χ3n) is 3.07. The molecule has 124 valence electrons. The van der Waals surface area contributed by atoms with Crippen molar-refractivity contribution >= 4 is 31.3 Å². The van der Waals surface area contributed by atoms with E-state index in [-0.39, 0.29) is 0 Å². The summed E-state index contributed by atoms with van der Waals surface area (Å²) in [5.41, 5.74) is 1.98. The first-order valence-electron chi connectivity index (χ1n) is 7.21. The van der Waals surface area contributed by atoms with Crippen LogP contribution in [0.25, 0.3) is 0 Å². The molecular formula is C17H19N3O2PS+. The van der Waals surface area contributed by atoms with Crippen molar-refractivity contribution in [3.63, 3.8) is 0 Å². The van der Waals surface area contributed by atoms with E-state index in [9.17, 15) is 0 Å². The van der Waals surface area contributed by atoms with Crippen LogP contribution >= 0.6 is 7.07 Å². The van der Waals surface area contributed by atoms with Gasteiger partial charge >= 0.3 is 7.07 Å². The molecule has 24 heavy (non-hydrogen) atoms. The summed E-state index contributed by atoms with van der Waals surface area (Å²) < 4.78 is 12.5. The highest BCUT2D eigenvalue weighted by molar-refractivity contribution is 8.02. The van der Waals surface area contributed by atoms with Gasteiger partial charge in [-0.2, -0.15) is 0 Å². The van der Waals surface area contributed by atoms with Crippen LogP contribution in [0.5, 0.6) is 11.5 Å². The average Bonchev–Trinajstić information content (AvgIpc) is 2.62. The summed E-state index contributed by atoms with van der Waals surface area (Å²) in [6, 6.07) is 15.2. The summed E-state index contributed by atoms with van der Waals surface area (Å²) in [6.07, 6.45) is 3.52. The Labute approximate surface area is 148 Å². The molecule has 0 bridgehead atoms. The second-order valence-electron chi connectivity index (χ2n) is 4.79. The first-order valence-corrected chi connectivity index (χ1v) is 9.44. The van der Waals surface area contributed by atoms with Gasteiger partial charge in [0, 0.05) is 13.3 Å². The van der Waals surface area contributed by atoms with E-state index in [0.29, 0.717) is 0 Å². The van der Waals surface area contributed by atoms with Gasteiger partial charge in [0.15, 0.2) is 5.75 Å². The molecule has 0 amide bonds. The van der Waals surface area contributed by atoms with Crippen LogP contribution in [-0.4, -0.2) is 38.4 Å². The maximum atomic E-state index is 5.76. The molecule has 0 aliphatic heterocycles. The van der Waals surface area contributed by atoms with E-state index < -0.39 is 7.07 Å². The van der Waals surface area contributed by atoms with Crippen molar-refractivity contribution in [3.8, 4) is 11.5 Å². The molecule has 2 rings (SSSR count). The van der Waals surface area contributed by atoms with Gasteiger partial charge < -0.3 is 4.74 Å². The number of aliphatic imine (C=N–C) groups is 1. The fraction of sp³-hybridized carbons (Fsp3) is 0.176. The molecule has 0 saturated heterocycles. The SMILES string of the molecule is CN=Cc1ccc(O[P+](=S)N(C)/N=C\c2ccc(OC)cc2)cc1. The molecular weight excluding hydrogens is 341 g/mol. The van der Waals surface area contributed by atoms with Crippen LogP contribution < -0.4 is 9.26 Å². The molecule has 7 heteroatoms. The molecule has 0 saturated carbocycles. The van der Waals surface area contributed by atoms with Gasteiger partial charge in [0.25, 0.3) is 0 Å². The number of methoxy groups -OCH3 is 1. The minimum Gasteiger partial charge on any atom is -0.497 e. The van der Waals surface area contributed by atoms with Crippen molar-refractivity contribution in [1.82, 2.24) is 4.78 Å². The van der Waals surface area contributed by atoms with Gasteiger partial charge in [-0.1, -0.05) is 4.78 Å². The average molecular weight is 360 g/mol. The Bertz CT molecular complexity index is 731. The molecule has 1 atom stereocenters. The lowest BCUT2D eigenvalue weighted by Gasteiger charge is -2.03. The van der Waals surface area contributed by atoms with Gasteiger partial charge in [0.1, 0.15) is 5.75 Å². The molecule has 0 spiro atoms. The van der Waals surface area contributed by atoms with E-state index in [2.05, 4.69) is 10.1 Å². The first-order chi connectivity index (χ1) is 11.6. The number of hydrogen-bond acceptors (Lipinski definition) is 5. The Morgan fingerprint density at radius 3 is 2.04 bits per heavy atom. The van der Waals surface area contributed by atoms with Gasteiger partial charge in [-0.15, -0.1) is 5.10 Å². The number of ether oxygens (including phenoxy) is 1. The normalized spacial score (nSPS) is 11.7. The Morgan fingerprint density at radius 2 is 1.50 bits per heavy atom. The number of hydrazone groups is 1. The van der Waals surface area contributed by atoms with Crippen LogP contribution in [0.4, 0.5) is 0 Å². The van der Waals surface area contributed by atoms with Crippen LogP contribution in [-0.2, 0) is 11.8 Å². The second-order valence-corrected chi connectivity index (χ2v) is 6.97. The van der Waals surface area contributed by atoms with Crippen molar-refractivity contribution in [1.29, 1.82) is 0 Å². The number of nitrogens with zero attached hydrogens (tertiary/aromatic N) is 3. The van der Waals surface area contributed by atoms with E-state index in [4.69, 9.17) is 21.1 Å². The highest BCUT2D eigenvalue weighted by Crippen LogP contribution is 2.30. The highest BCUT2D eigenvalue weighted by Gasteiger charge is 2.20. The topological polar surface area (TPSA) is 46.4 Å². The van der Waals surface area contributed by atoms with Crippen LogP contribution in [0.3, 0.4) is 0 Å². The summed E-state index contributed by atoms with van der Waals surface area (Å²) in [5, 5.41) is 4.34. The number of rotatable bonds is 7. The van der Waals surface area contributed by atoms with Gasteiger partial charge in [0.05, 0.1) is 20.4 Å². The molecule has 5 nitrogen and oxygen atoms in total. The summed E-state index contributed by atoms with van der Waals surface area (Å²) in [7, 11) is 3.90. The van der Waals surface area contributed by atoms with Crippen LogP contribution in [0.15, 0.2) is 58.6 Å². The molecule has 0 aliphatic rings. The van der Waals surface area contributed by atoms with Gasteiger partial charge in [-0.3, -0.25) is 9.52 Å². The smallest absolute Gasteiger partial charge is 0.497 e. The predicted octanol–water partition coefficient (Wildman–Crippen LogP) is 3.86. The van der Waals surface area contributed by atoms with E-state index >= 15 is 0 Å². The lowest BCUT2D eigenvalue weighted by atomic mass is 10.2. The lowest BCUT2D eigenvalue weighted by Crippen LogP contribution is -2.03. The third kappa shape index (κ3) is 5.41. The monoisotopic (exact) mass is 360 g/mol. The molecule has 0 heterocycles. The Balaban J connectivity index is 1.94. The molecule has 1 unspecified atom stereocenters. The number of hydrogen-bond donors (Lipinski definition) is 0. The molecule has 0 aliphatic carbocycles. The zero-order valence-corrected chi connectivity index (χ0v) is 15.5.